The van der Waals surface area contributed by atoms with Gasteiger partial charge in [-0.2, -0.15) is 0 Å². The van der Waals surface area contributed by atoms with Gasteiger partial charge in [-0.05, 0) is 31.4 Å². The molecule has 18 heavy (non-hydrogen) atoms. The molecule has 1 aromatic rings. The van der Waals surface area contributed by atoms with E-state index < -0.39 is 5.54 Å². The lowest BCUT2D eigenvalue weighted by molar-refractivity contribution is 0.171. The van der Waals surface area contributed by atoms with Gasteiger partial charge in [0.2, 0.25) is 0 Å². The Bertz CT molecular complexity index is 351. The first-order valence-corrected chi connectivity index (χ1v) is 6.30. The lowest BCUT2D eigenvalue weighted by Gasteiger charge is -2.25. The van der Waals surface area contributed by atoms with Crippen molar-refractivity contribution in [1.29, 1.82) is 0 Å². The van der Waals surface area contributed by atoms with E-state index in [9.17, 15) is 5.11 Å². The van der Waals surface area contributed by atoms with Gasteiger partial charge < -0.3 is 20.3 Å². The molecule has 0 amide bonds. The van der Waals surface area contributed by atoms with Crippen molar-refractivity contribution >= 4 is 0 Å². The number of methoxy groups -OCH3 is 1. The van der Waals surface area contributed by atoms with Gasteiger partial charge in [0.05, 0.1) is 20.3 Å². The SMILES string of the molecule is CCC(N)(CO)CCCOc1cccc(OC)c1. The number of hydrogen-bond donors (Lipinski definition) is 2. The van der Waals surface area contributed by atoms with Gasteiger partial charge in [-0.3, -0.25) is 0 Å². The van der Waals surface area contributed by atoms with E-state index in [1.54, 1.807) is 7.11 Å². The van der Waals surface area contributed by atoms with Crippen molar-refractivity contribution < 1.29 is 14.6 Å². The third kappa shape index (κ3) is 4.55. The molecule has 0 bridgehead atoms. The Morgan fingerprint density at radius 3 is 2.67 bits per heavy atom. The highest BCUT2D eigenvalue weighted by molar-refractivity contribution is 5.32. The number of ether oxygens (including phenoxy) is 2. The molecule has 0 radical (unpaired) electrons. The van der Waals surface area contributed by atoms with Crippen molar-refractivity contribution in [2.24, 2.45) is 5.73 Å². The van der Waals surface area contributed by atoms with Crippen LogP contribution in [-0.4, -0.2) is 31.0 Å². The molecule has 0 aliphatic rings. The maximum absolute atomic E-state index is 9.19. The molecule has 4 nitrogen and oxygen atoms in total. The van der Waals surface area contributed by atoms with Crippen molar-refractivity contribution in [3.8, 4) is 11.5 Å². The van der Waals surface area contributed by atoms with Gasteiger partial charge in [-0.15, -0.1) is 0 Å². The summed E-state index contributed by atoms with van der Waals surface area (Å²) in [6.45, 7) is 2.59. The summed E-state index contributed by atoms with van der Waals surface area (Å²) in [4.78, 5) is 0. The van der Waals surface area contributed by atoms with Gasteiger partial charge in [0, 0.05) is 11.6 Å². The van der Waals surface area contributed by atoms with Crippen LogP contribution in [0.15, 0.2) is 24.3 Å². The van der Waals surface area contributed by atoms with Crippen molar-refractivity contribution in [3.05, 3.63) is 24.3 Å². The molecule has 0 heterocycles. The summed E-state index contributed by atoms with van der Waals surface area (Å²) in [5, 5.41) is 9.19. The summed E-state index contributed by atoms with van der Waals surface area (Å²) < 4.78 is 10.7. The third-order valence-corrected chi connectivity index (χ3v) is 3.15. The van der Waals surface area contributed by atoms with Crippen molar-refractivity contribution in [1.82, 2.24) is 0 Å². The zero-order chi connectivity index (χ0) is 13.4. The van der Waals surface area contributed by atoms with Crippen LogP contribution in [-0.2, 0) is 0 Å². The van der Waals surface area contributed by atoms with Crippen LogP contribution in [0.1, 0.15) is 26.2 Å². The number of benzene rings is 1. The third-order valence-electron chi connectivity index (χ3n) is 3.15. The van der Waals surface area contributed by atoms with Crippen LogP contribution < -0.4 is 15.2 Å². The lowest BCUT2D eigenvalue weighted by atomic mass is 9.93. The number of nitrogens with two attached hydrogens (primary N) is 1. The van der Waals surface area contributed by atoms with Crippen LogP contribution in [0.2, 0.25) is 0 Å². The summed E-state index contributed by atoms with van der Waals surface area (Å²) in [6, 6.07) is 7.51. The fraction of sp³-hybridized carbons (Fsp3) is 0.571. The fourth-order valence-corrected chi connectivity index (χ4v) is 1.67. The zero-order valence-electron chi connectivity index (χ0n) is 11.2. The average Bonchev–Trinajstić information content (AvgIpc) is 2.43. The Kier molecular flexibility index (Phi) is 5.95. The quantitative estimate of drug-likeness (QED) is 0.695. The first-order valence-electron chi connectivity index (χ1n) is 6.30. The van der Waals surface area contributed by atoms with E-state index in [1.165, 1.54) is 0 Å². The topological polar surface area (TPSA) is 64.7 Å². The number of aliphatic hydroxyl groups excluding tert-OH is 1. The smallest absolute Gasteiger partial charge is 0.122 e. The van der Waals surface area contributed by atoms with Gasteiger partial charge in [0.15, 0.2) is 0 Å². The molecule has 0 saturated heterocycles. The Hall–Kier alpha value is -1.26. The van der Waals surface area contributed by atoms with E-state index in [1.807, 2.05) is 31.2 Å². The minimum Gasteiger partial charge on any atom is -0.497 e. The molecule has 1 unspecified atom stereocenters. The van der Waals surface area contributed by atoms with Gasteiger partial charge in [-0.25, -0.2) is 0 Å². The molecule has 0 saturated carbocycles. The number of rotatable bonds is 8. The first kappa shape index (κ1) is 14.8. The van der Waals surface area contributed by atoms with Crippen LogP contribution in [0.3, 0.4) is 0 Å². The zero-order valence-corrected chi connectivity index (χ0v) is 11.2. The highest BCUT2D eigenvalue weighted by atomic mass is 16.5. The molecular weight excluding hydrogens is 230 g/mol. The van der Waals surface area contributed by atoms with Crippen LogP contribution in [0.25, 0.3) is 0 Å². The molecule has 1 aromatic carbocycles. The van der Waals surface area contributed by atoms with E-state index in [-0.39, 0.29) is 6.61 Å². The molecule has 0 fully saturated rings. The minimum atomic E-state index is -0.474. The molecule has 1 rings (SSSR count). The second-order valence-corrected chi connectivity index (χ2v) is 4.51. The highest BCUT2D eigenvalue weighted by Gasteiger charge is 2.20. The summed E-state index contributed by atoms with van der Waals surface area (Å²) in [6.07, 6.45) is 2.34. The van der Waals surface area contributed by atoms with Gasteiger partial charge in [0.1, 0.15) is 11.5 Å². The largest absolute Gasteiger partial charge is 0.497 e. The van der Waals surface area contributed by atoms with Gasteiger partial charge >= 0.3 is 0 Å². The molecule has 102 valence electrons. The summed E-state index contributed by atoms with van der Waals surface area (Å²) in [5.41, 5.74) is 5.52. The van der Waals surface area contributed by atoms with Crippen molar-refractivity contribution in [2.75, 3.05) is 20.3 Å². The average molecular weight is 253 g/mol. The van der Waals surface area contributed by atoms with Crippen LogP contribution in [0.4, 0.5) is 0 Å². The maximum Gasteiger partial charge on any atom is 0.122 e. The Morgan fingerprint density at radius 2 is 2.06 bits per heavy atom. The highest BCUT2D eigenvalue weighted by Crippen LogP contribution is 2.20. The molecule has 0 aromatic heterocycles. The minimum absolute atomic E-state index is 0.0165. The molecule has 0 aliphatic carbocycles. The summed E-state index contributed by atoms with van der Waals surface area (Å²) in [7, 11) is 1.63. The van der Waals surface area contributed by atoms with Crippen LogP contribution in [0.5, 0.6) is 11.5 Å². The Morgan fingerprint density at radius 1 is 1.33 bits per heavy atom. The van der Waals surface area contributed by atoms with Crippen LogP contribution in [0, 0.1) is 0 Å². The molecule has 3 N–H and O–H groups in total. The number of aliphatic hydroxyl groups is 1. The Balaban J connectivity index is 2.33. The first-order chi connectivity index (χ1) is 8.63. The summed E-state index contributed by atoms with van der Waals surface area (Å²) in [5.74, 6) is 1.57. The predicted molar refractivity (Wildman–Crippen MR) is 72.0 cm³/mol. The van der Waals surface area contributed by atoms with Crippen molar-refractivity contribution in [2.45, 2.75) is 31.7 Å². The van der Waals surface area contributed by atoms with E-state index in [2.05, 4.69) is 0 Å². The Labute approximate surface area is 109 Å². The molecule has 0 aliphatic heterocycles. The molecular formula is C14H23NO3. The molecule has 4 heteroatoms. The monoisotopic (exact) mass is 253 g/mol. The fourth-order valence-electron chi connectivity index (χ4n) is 1.67. The van der Waals surface area contributed by atoms with Gasteiger partial charge in [0.25, 0.3) is 0 Å². The van der Waals surface area contributed by atoms with E-state index in [0.29, 0.717) is 6.61 Å². The lowest BCUT2D eigenvalue weighted by Crippen LogP contribution is -2.43. The van der Waals surface area contributed by atoms with Crippen molar-refractivity contribution in [3.63, 3.8) is 0 Å². The maximum atomic E-state index is 9.19. The van der Waals surface area contributed by atoms with E-state index in [0.717, 1.165) is 30.8 Å². The van der Waals surface area contributed by atoms with E-state index >= 15 is 0 Å². The normalized spacial score (nSPS) is 14.0. The number of hydrogen-bond acceptors (Lipinski definition) is 4. The second-order valence-electron chi connectivity index (χ2n) is 4.51. The summed E-state index contributed by atoms with van der Waals surface area (Å²) >= 11 is 0. The predicted octanol–water partition coefficient (Wildman–Crippen LogP) is 1.95. The standard InChI is InChI=1S/C14H23NO3/c1-3-14(15,11-16)8-5-9-18-13-7-4-6-12(10-13)17-2/h4,6-7,10,16H,3,5,8-9,11,15H2,1-2H3. The van der Waals surface area contributed by atoms with Gasteiger partial charge in [-0.1, -0.05) is 13.0 Å². The van der Waals surface area contributed by atoms with E-state index in [4.69, 9.17) is 15.2 Å². The molecule has 1 atom stereocenters. The molecule has 0 spiro atoms. The second kappa shape index (κ2) is 7.24. The van der Waals surface area contributed by atoms with Crippen LogP contribution >= 0.6 is 0 Å².